The average molecular weight is 751 g/mol. The molecule has 0 spiro atoms. The van der Waals surface area contributed by atoms with E-state index in [-0.39, 0.29) is 0 Å². The largest absolute Gasteiger partial charge is 0.251 e. The highest BCUT2D eigenvalue weighted by Crippen LogP contribution is 2.38. The molecule has 2 heteroatoms. The van der Waals surface area contributed by atoms with Gasteiger partial charge in [-0.1, -0.05) is 237 Å². The van der Waals surface area contributed by atoms with Gasteiger partial charge in [0.15, 0.2) is 0 Å². The van der Waals surface area contributed by atoms with Crippen LogP contribution in [-0.2, 0) is 0 Å². The first kappa shape index (κ1) is 35.2. The molecule has 0 saturated heterocycles. The third kappa shape index (κ3) is 6.52. The highest BCUT2D eigenvalue weighted by atomic mass is 35.6. The molecule has 0 atom stereocenters. The molecule has 0 aliphatic rings. The first-order valence-electron chi connectivity index (χ1n) is 19.1. The molecule has 0 amide bonds. The topological polar surface area (TPSA) is 0 Å². The van der Waals surface area contributed by atoms with Crippen LogP contribution in [0.15, 0.2) is 237 Å². The lowest BCUT2D eigenvalue weighted by atomic mass is 9.97. The molecular formula is C54H39ClSi. The average Bonchev–Trinajstić information content (AvgIpc) is 3.30. The number of benzene rings is 9. The van der Waals surface area contributed by atoms with Crippen molar-refractivity contribution in [2.24, 2.45) is 0 Å². The van der Waals surface area contributed by atoms with Crippen LogP contribution >= 0.6 is 11.1 Å². The number of hydrogen-bond donors (Lipinski definition) is 0. The maximum absolute atomic E-state index is 9.38. The smallest absolute Gasteiger partial charge is 0.149 e. The predicted octanol–water partition coefficient (Wildman–Crippen LogP) is 12.9. The molecule has 0 heterocycles. The lowest BCUT2D eigenvalue weighted by Crippen LogP contribution is -2.66. The standard InChI is InChI=1S/C54H39ClSi/c55-56(52-46(40-22-7-1-8-23-40)34-19-35-47(52)41-24-9-2-10-25-41,53-48(42-26-11-3-12-27-42)36-20-37-49(53)43-28-13-4-14-29-43)54-50(44-30-15-5-16-31-44)38-21-39-51(54)45-32-17-6-18-33-45/h1-39H. The van der Waals surface area contributed by atoms with E-state index in [2.05, 4.69) is 237 Å². The molecule has 0 aliphatic carbocycles. The Morgan fingerprint density at radius 2 is 0.357 bits per heavy atom. The zero-order chi connectivity index (χ0) is 37.7. The monoisotopic (exact) mass is 750 g/mol. The van der Waals surface area contributed by atoms with Crippen molar-refractivity contribution in [2.75, 3.05) is 0 Å². The second kappa shape index (κ2) is 15.7. The summed E-state index contributed by atoms with van der Waals surface area (Å²) in [6.45, 7) is 0. The van der Waals surface area contributed by atoms with E-state index in [0.717, 1.165) is 66.8 Å². The molecule has 0 saturated carbocycles. The van der Waals surface area contributed by atoms with Gasteiger partial charge in [-0.3, -0.25) is 0 Å². The fourth-order valence-electron chi connectivity index (χ4n) is 8.30. The van der Waals surface area contributed by atoms with Crippen molar-refractivity contribution in [3.05, 3.63) is 237 Å². The summed E-state index contributed by atoms with van der Waals surface area (Å²) in [7, 11) is -3.77. The van der Waals surface area contributed by atoms with E-state index < -0.39 is 7.38 Å². The van der Waals surface area contributed by atoms with E-state index in [1.165, 1.54) is 15.6 Å². The maximum atomic E-state index is 9.38. The second-order valence-corrected chi connectivity index (χ2v) is 18.6. The predicted molar refractivity (Wildman–Crippen MR) is 242 cm³/mol. The van der Waals surface area contributed by atoms with Crippen LogP contribution in [0.1, 0.15) is 0 Å². The van der Waals surface area contributed by atoms with E-state index in [1.54, 1.807) is 0 Å². The van der Waals surface area contributed by atoms with Gasteiger partial charge in [0.05, 0.1) is 0 Å². The van der Waals surface area contributed by atoms with Crippen LogP contribution in [0, 0.1) is 0 Å². The van der Waals surface area contributed by atoms with E-state index in [9.17, 15) is 11.1 Å². The maximum Gasteiger partial charge on any atom is 0.251 e. The molecule has 266 valence electrons. The van der Waals surface area contributed by atoms with Crippen LogP contribution < -0.4 is 15.6 Å². The summed E-state index contributed by atoms with van der Waals surface area (Å²) in [5.41, 5.74) is 13.6. The van der Waals surface area contributed by atoms with Gasteiger partial charge in [0.2, 0.25) is 0 Å². The second-order valence-electron chi connectivity index (χ2n) is 14.0. The zero-order valence-electron chi connectivity index (χ0n) is 30.9. The normalized spacial score (nSPS) is 11.3. The summed E-state index contributed by atoms with van der Waals surface area (Å²) in [5.74, 6) is 0. The van der Waals surface area contributed by atoms with Crippen molar-refractivity contribution >= 4 is 34.0 Å². The Morgan fingerprint density at radius 1 is 0.196 bits per heavy atom. The molecule has 9 aromatic rings. The van der Waals surface area contributed by atoms with Gasteiger partial charge in [-0.05, 0) is 82.3 Å². The molecule has 9 rings (SSSR count). The minimum absolute atomic E-state index is 1.13. The molecule has 0 radical (unpaired) electrons. The van der Waals surface area contributed by atoms with Crippen LogP contribution in [0.25, 0.3) is 66.8 Å². The lowest BCUT2D eigenvalue weighted by molar-refractivity contribution is 1.58. The molecule has 0 fully saturated rings. The van der Waals surface area contributed by atoms with Crippen molar-refractivity contribution in [3.8, 4) is 66.8 Å². The molecule has 0 nitrogen and oxygen atoms in total. The Balaban J connectivity index is 1.56. The summed E-state index contributed by atoms with van der Waals surface area (Å²) >= 11 is 9.38. The van der Waals surface area contributed by atoms with Crippen molar-refractivity contribution in [2.45, 2.75) is 0 Å². The van der Waals surface area contributed by atoms with E-state index in [1.807, 2.05) is 0 Å². The van der Waals surface area contributed by atoms with Crippen molar-refractivity contribution in [1.29, 1.82) is 0 Å². The van der Waals surface area contributed by atoms with Gasteiger partial charge < -0.3 is 0 Å². The van der Waals surface area contributed by atoms with Crippen LogP contribution in [0.2, 0.25) is 0 Å². The summed E-state index contributed by atoms with van der Waals surface area (Å²) in [6.07, 6.45) is 0. The first-order chi connectivity index (χ1) is 27.7. The van der Waals surface area contributed by atoms with Gasteiger partial charge in [-0.15, -0.1) is 11.1 Å². The van der Waals surface area contributed by atoms with Gasteiger partial charge in [0.1, 0.15) is 0 Å². The summed E-state index contributed by atoms with van der Waals surface area (Å²) < 4.78 is 0. The van der Waals surface area contributed by atoms with E-state index >= 15 is 0 Å². The van der Waals surface area contributed by atoms with Crippen LogP contribution in [0.3, 0.4) is 0 Å². The Morgan fingerprint density at radius 3 is 0.518 bits per heavy atom. The summed E-state index contributed by atoms with van der Waals surface area (Å²) in [5, 5.41) is 3.50. The Hall–Kier alpha value is -6.51. The highest BCUT2D eigenvalue weighted by molar-refractivity contribution is 7.42. The number of hydrogen-bond acceptors (Lipinski definition) is 0. The van der Waals surface area contributed by atoms with E-state index in [4.69, 9.17) is 0 Å². The molecule has 0 N–H and O–H groups in total. The molecular weight excluding hydrogens is 712 g/mol. The molecule has 0 unspecified atom stereocenters. The number of rotatable bonds is 9. The Bertz CT molecular complexity index is 2240. The zero-order valence-corrected chi connectivity index (χ0v) is 32.7. The lowest BCUT2D eigenvalue weighted by Gasteiger charge is -2.37. The molecule has 0 aliphatic heterocycles. The van der Waals surface area contributed by atoms with Crippen molar-refractivity contribution in [3.63, 3.8) is 0 Å². The van der Waals surface area contributed by atoms with Gasteiger partial charge in [0.25, 0.3) is 7.38 Å². The van der Waals surface area contributed by atoms with Crippen LogP contribution in [-0.4, -0.2) is 7.38 Å². The van der Waals surface area contributed by atoms with Gasteiger partial charge in [0, 0.05) is 0 Å². The van der Waals surface area contributed by atoms with Crippen molar-refractivity contribution in [1.82, 2.24) is 0 Å². The first-order valence-corrected chi connectivity index (χ1v) is 22.1. The van der Waals surface area contributed by atoms with E-state index in [0.29, 0.717) is 0 Å². The highest BCUT2D eigenvalue weighted by Gasteiger charge is 2.48. The third-order valence-corrected chi connectivity index (χ3v) is 16.1. The van der Waals surface area contributed by atoms with Gasteiger partial charge >= 0.3 is 0 Å². The van der Waals surface area contributed by atoms with Crippen LogP contribution in [0.5, 0.6) is 0 Å². The summed E-state index contributed by atoms with van der Waals surface area (Å²) in [6, 6.07) is 85.1. The quantitative estimate of drug-likeness (QED) is 0.0783. The Kier molecular flexibility index (Phi) is 9.86. The fourth-order valence-corrected chi connectivity index (χ4v) is 14.5. The number of halogens is 1. The molecule has 0 aromatic heterocycles. The van der Waals surface area contributed by atoms with Crippen LogP contribution in [0.4, 0.5) is 0 Å². The van der Waals surface area contributed by atoms with Gasteiger partial charge in [-0.25, -0.2) is 0 Å². The molecule has 0 bridgehead atoms. The minimum Gasteiger partial charge on any atom is -0.149 e. The molecule has 9 aromatic carbocycles. The van der Waals surface area contributed by atoms with Crippen molar-refractivity contribution < 1.29 is 0 Å². The third-order valence-electron chi connectivity index (χ3n) is 10.7. The summed E-state index contributed by atoms with van der Waals surface area (Å²) in [4.78, 5) is 0. The Labute approximate surface area is 335 Å². The minimum atomic E-state index is -3.77. The SMILES string of the molecule is Cl[Si](c1c(-c2ccccc2)cccc1-c1ccccc1)(c1c(-c2ccccc2)cccc1-c1ccccc1)c1c(-c2ccccc2)cccc1-c1ccccc1. The fraction of sp³-hybridized carbons (Fsp3) is 0. The van der Waals surface area contributed by atoms with Gasteiger partial charge in [-0.2, -0.15) is 0 Å². The molecule has 56 heavy (non-hydrogen) atoms.